The Hall–Kier alpha value is -1.62. The summed E-state index contributed by atoms with van der Waals surface area (Å²) in [6, 6.07) is 3.74. The molecule has 0 radical (unpaired) electrons. The van der Waals surface area contributed by atoms with Gasteiger partial charge in [0.05, 0.1) is 24.4 Å². The minimum atomic E-state index is -0.360. The number of primary amides is 1. The first-order valence-corrected chi connectivity index (χ1v) is 5.71. The molecular formula is C12H19N3O2. The topological polar surface area (TPSA) is 77.2 Å². The van der Waals surface area contributed by atoms with Crippen LogP contribution in [0.3, 0.4) is 0 Å². The van der Waals surface area contributed by atoms with E-state index < -0.39 is 0 Å². The average Bonchev–Trinajstić information content (AvgIpc) is 2.34. The number of nitrogens with zero attached hydrogens (tertiary/aromatic N) is 1. The molecule has 17 heavy (non-hydrogen) atoms. The van der Waals surface area contributed by atoms with Gasteiger partial charge in [-0.25, -0.2) is 0 Å². The molecule has 0 bridgehead atoms. The summed E-state index contributed by atoms with van der Waals surface area (Å²) in [7, 11) is 0. The number of aromatic nitrogens is 1. The minimum absolute atomic E-state index is 0.281. The molecule has 0 aliphatic carbocycles. The third kappa shape index (κ3) is 4.82. The SMILES string of the molecule is CCNCc1ccc(OCC(C)C(N)=O)cn1. The van der Waals surface area contributed by atoms with Gasteiger partial charge in [0.25, 0.3) is 0 Å². The fraction of sp³-hybridized carbons (Fsp3) is 0.500. The van der Waals surface area contributed by atoms with Gasteiger partial charge in [0.15, 0.2) is 0 Å². The van der Waals surface area contributed by atoms with Gasteiger partial charge >= 0.3 is 0 Å². The highest BCUT2D eigenvalue weighted by molar-refractivity contribution is 5.76. The van der Waals surface area contributed by atoms with Crippen molar-refractivity contribution in [1.29, 1.82) is 0 Å². The summed E-state index contributed by atoms with van der Waals surface area (Å²) >= 11 is 0. The van der Waals surface area contributed by atoms with Crippen molar-refractivity contribution in [1.82, 2.24) is 10.3 Å². The molecule has 1 amide bonds. The average molecular weight is 237 g/mol. The van der Waals surface area contributed by atoms with E-state index in [4.69, 9.17) is 10.5 Å². The highest BCUT2D eigenvalue weighted by atomic mass is 16.5. The number of hydrogen-bond acceptors (Lipinski definition) is 4. The zero-order valence-corrected chi connectivity index (χ0v) is 10.3. The molecule has 1 heterocycles. The molecule has 5 nitrogen and oxygen atoms in total. The van der Waals surface area contributed by atoms with E-state index in [0.717, 1.165) is 18.8 Å². The Bertz CT molecular complexity index is 351. The van der Waals surface area contributed by atoms with Gasteiger partial charge in [-0.2, -0.15) is 0 Å². The van der Waals surface area contributed by atoms with Crippen molar-refractivity contribution < 1.29 is 9.53 Å². The van der Waals surface area contributed by atoms with Gasteiger partial charge in [0.1, 0.15) is 5.75 Å². The van der Waals surface area contributed by atoms with Crippen molar-refractivity contribution >= 4 is 5.91 Å². The summed E-state index contributed by atoms with van der Waals surface area (Å²) in [4.78, 5) is 15.0. The lowest BCUT2D eigenvalue weighted by Gasteiger charge is -2.10. The molecule has 0 saturated heterocycles. The Morgan fingerprint density at radius 2 is 2.35 bits per heavy atom. The van der Waals surface area contributed by atoms with Gasteiger partial charge < -0.3 is 15.8 Å². The normalized spacial score (nSPS) is 12.1. The maximum absolute atomic E-state index is 10.8. The smallest absolute Gasteiger partial charge is 0.223 e. The summed E-state index contributed by atoms with van der Waals surface area (Å²) in [5.41, 5.74) is 6.10. The van der Waals surface area contributed by atoms with Crippen molar-refractivity contribution in [3.05, 3.63) is 24.0 Å². The van der Waals surface area contributed by atoms with E-state index in [2.05, 4.69) is 10.3 Å². The molecule has 3 N–H and O–H groups in total. The van der Waals surface area contributed by atoms with E-state index in [1.54, 1.807) is 13.1 Å². The number of rotatable bonds is 7. The molecule has 0 saturated carbocycles. The van der Waals surface area contributed by atoms with Gasteiger partial charge in [-0.1, -0.05) is 13.8 Å². The fourth-order valence-corrected chi connectivity index (χ4v) is 1.16. The van der Waals surface area contributed by atoms with Gasteiger partial charge in [-0.15, -0.1) is 0 Å². The molecule has 0 fully saturated rings. The van der Waals surface area contributed by atoms with Crippen molar-refractivity contribution in [3.8, 4) is 5.75 Å². The van der Waals surface area contributed by atoms with E-state index in [0.29, 0.717) is 5.75 Å². The number of amides is 1. The van der Waals surface area contributed by atoms with E-state index in [9.17, 15) is 4.79 Å². The van der Waals surface area contributed by atoms with Crippen LogP contribution in [-0.2, 0) is 11.3 Å². The molecule has 1 aromatic heterocycles. The zero-order chi connectivity index (χ0) is 12.7. The van der Waals surface area contributed by atoms with Gasteiger partial charge in [0.2, 0.25) is 5.91 Å². The standard InChI is InChI=1S/C12H19N3O2/c1-3-14-6-10-4-5-11(7-15-10)17-8-9(2)12(13)16/h4-5,7,9,14H,3,6,8H2,1-2H3,(H2,13,16). The van der Waals surface area contributed by atoms with Crippen LogP contribution in [-0.4, -0.2) is 24.0 Å². The highest BCUT2D eigenvalue weighted by Gasteiger charge is 2.09. The van der Waals surface area contributed by atoms with Crippen LogP contribution < -0.4 is 15.8 Å². The molecule has 1 aromatic rings. The van der Waals surface area contributed by atoms with E-state index in [1.165, 1.54) is 0 Å². The number of pyridine rings is 1. The Labute approximate surface area is 101 Å². The van der Waals surface area contributed by atoms with Crippen molar-refractivity contribution in [3.63, 3.8) is 0 Å². The maximum Gasteiger partial charge on any atom is 0.223 e. The predicted octanol–water partition coefficient (Wildman–Crippen LogP) is 0.691. The molecule has 94 valence electrons. The monoisotopic (exact) mass is 237 g/mol. The Morgan fingerprint density at radius 1 is 1.59 bits per heavy atom. The van der Waals surface area contributed by atoms with Crippen LogP contribution in [0.4, 0.5) is 0 Å². The van der Waals surface area contributed by atoms with Crippen molar-refractivity contribution in [2.24, 2.45) is 11.7 Å². The largest absolute Gasteiger partial charge is 0.491 e. The van der Waals surface area contributed by atoms with Crippen LogP contribution >= 0.6 is 0 Å². The van der Waals surface area contributed by atoms with Gasteiger partial charge in [-0.05, 0) is 18.7 Å². The van der Waals surface area contributed by atoms with E-state index in [1.807, 2.05) is 19.1 Å². The van der Waals surface area contributed by atoms with E-state index in [-0.39, 0.29) is 18.4 Å². The quantitative estimate of drug-likeness (QED) is 0.731. The predicted molar refractivity (Wildman–Crippen MR) is 65.5 cm³/mol. The summed E-state index contributed by atoms with van der Waals surface area (Å²) in [6.07, 6.45) is 1.65. The number of nitrogens with one attached hydrogen (secondary N) is 1. The van der Waals surface area contributed by atoms with E-state index >= 15 is 0 Å². The minimum Gasteiger partial charge on any atom is -0.491 e. The number of carbonyl (C=O) groups is 1. The first kappa shape index (κ1) is 13.4. The van der Waals surface area contributed by atoms with Crippen molar-refractivity contribution in [2.75, 3.05) is 13.2 Å². The summed E-state index contributed by atoms with van der Waals surface area (Å²) in [5, 5.41) is 3.18. The van der Waals surface area contributed by atoms with Crippen LogP contribution in [0, 0.1) is 5.92 Å². The lowest BCUT2D eigenvalue weighted by Crippen LogP contribution is -2.25. The van der Waals surface area contributed by atoms with Crippen LogP contribution in [0.2, 0.25) is 0 Å². The first-order chi connectivity index (χ1) is 8.13. The lowest BCUT2D eigenvalue weighted by atomic mass is 10.2. The summed E-state index contributed by atoms with van der Waals surface area (Å²) < 4.78 is 5.40. The maximum atomic E-state index is 10.8. The van der Waals surface area contributed by atoms with Crippen LogP contribution in [0.5, 0.6) is 5.75 Å². The molecule has 0 aromatic carbocycles. The molecule has 0 aliphatic heterocycles. The molecule has 5 heteroatoms. The van der Waals surface area contributed by atoms with Crippen molar-refractivity contribution in [2.45, 2.75) is 20.4 Å². The fourth-order valence-electron chi connectivity index (χ4n) is 1.16. The first-order valence-electron chi connectivity index (χ1n) is 5.71. The Kier molecular flexibility index (Phi) is 5.42. The second-order valence-electron chi connectivity index (χ2n) is 3.88. The second-order valence-corrected chi connectivity index (χ2v) is 3.88. The summed E-state index contributed by atoms with van der Waals surface area (Å²) in [5.74, 6) is -0.00323. The van der Waals surface area contributed by atoms with Crippen LogP contribution in [0.15, 0.2) is 18.3 Å². The molecule has 1 atom stereocenters. The molecular weight excluding hydrogens is 218 g/mol. The molecule has 1 rings (SSSR count). The Morgan fingerprint density at radius 3 is 2.88 bits per heavy atom. The van der Waals surface area contributed by atoms with Crippen LogP contribution in [0.1, 0.15) is 19.5 Å². The molecule has 0 aliphatic rings. The third-order valence-electron chi connectivity index (χ3n) is 2.34. The molecule has 0 spiro atoms. The zero-order valence-electron chi connectivity index (χ0n) is 10.3. The lowest BCUT2D eigenvalue weighted by molar-refractivity contribution is -0.122. The number of nitrogens with two attached hydrogens (primary N) is 1. The van der Waals surface area contributed by atoms with Gasteiger partial charge in [0, 0.05) is 6.54 Å². The number of carbonyl (C=O) groups excluding carboxylic acids is 1. The summed E-state index contributed by atoms with van der Waals surface area (Å²) in [6.45, 7) is 5.71. The van der Waals surface area contributed by atoms with Crippen LogP contribution in [0.25, 0.3) is 0 Å². The highest BCUT2D eigenvalue weighted by Crippen LogP contribution is 2.10. The van der Waals surface area contributed by atoms with Gasteiger partial charge in [-0.3, -0.25) is 9.78 Å². The molecule has 1 unspecified atom stereocenters. The Balaban J connectivity index is 2.42. The number of ether oxygens (including phenoxy) is 1. The second kappa shape index (κ2) is 6.85. The third-order valence-corrected chi connectivity index (χ3v) is 2.34. The number of hydrogen-bond donors (Lipinski definition) is 2.